The highest BCUT2D eigenvalue weighted by Crippen LogP contribution is 2.31. The predicted octanol–water partition coefficient (Wildman–Crippen LogP) is 3.69. The lowest BCUT2D eigenvalue weighted by Crippen LogP contribution is -2.41. The Labute approximate surface area is 160 Å². The van der Waals surface area contributed by atoms with Crippen LogP contribution in [0.4, 0.5) is 20.2 Å². The van der Waals surface area contributed by atoms with Crippen molar-refractivity contribution in [1.82, 2.24) is 0 Å². The number of nitrogens with zero attached hydrogens (tertiary/aromatic N) is 1. The summed E-state index contributed by atoms with van der Waals surface area (Å²) >= 11 is 0. The van der Waals surface area contributed by atoms with Crippen molar-refractivity contribution in [1.29, 1.82) is 0 Å². The van der Waals surface area contributed by atoms with E-state index in [1.807, 2.05) is 0 Å². The van der Waals surface area contributed by atoms with Gasteiger partial charge < -0.3 is 14.8 Å². The highest BCUT2D eigenvalue weighted by atomic mass is 19.3. The van der Waals surface area contributed by atoms with Crippen LogP contribution < -0.4 is 19.7 Å². The van der Waals surface area contributed by atoms with Crippen LogP contribution in [0.1, 0.15) is 12.5 Å². The fourth-order valence-corrected chi connectivity index (χ4v) is 2.78. The van der Waals surface area contributed by atoms with Crippen LogP contribution in [0.15, 0.2) is 48.5 Å². The van der Waals surface area contributed by atoms with E-state index in [0.29, 0.717) is 16.9 Å². The molecule has 6 nitrogen and oxygen atoms in total. The monoisotopic (exact) mass is 388 g/mol. The number of ether oxygens (including phenoxy) is 2. The van der Waals surface area contributed by atoms with Gasteiger partial charge in [-0.25, -0.2) is 0 Å². The van der Waals surface area contributed by atoms with E-state index in [9.17, 15) is 18.4 Å². The van der Waals surface area contributed by atoms with Gasteiger partial charge in [0.05, 0.1) is 18.0 Å². The Bertz CT molecular complexity index is 915. The zero-order chi connectivity index (χ0) is 20.1. The Morgan fingerprint density at radius 3 is 2.79 bits per heavy atom. The first-order chi connectivity index (χ1) is 13.5. The van der Waals surface area contributed by atoms with E-state index >= 15 is 0 Å². The number of benzene rings is 2. The van der Waals surface area contributed by atoms with Gasteiger partial charge >= 0.3 is 6.61 Å². The molecule has 0 bridgehead atoms. The third kappa shape index (κ3) is 4.46. The van der Waals surface area contributed by atoms with Gasteiger partial charge in [-0.2, -0.15) is 8.78 Å². The first-order valence-electron chi connectivity index (χ1n) is 8.58. The molecule has 1 N–H and O–H groups in total. The molecule has 146 valence electrons. The van der Waals surface area contributed by atoms with Crippen LogP contribution in [-0.2, 0) is 9.59 Å². The summed E-state index contributed by atoms with van der Waals surface area (Å²) in [5, 5.41) is 2.71. The van der Waals surface area contributed by atoms with Crippen molar-refractivity contribution < 1.29 is 27.8 Å². The molecular weight excluding hydrogens is 370 g/mol. The smallest absolute Gasteiger partial charge is 0.387 e. The first-order valence-corrected chi connectivity index (χ1v) is 8.58. The van der Waals surface area contributed by atoms with Crippen molar-refractivity contribution in [3.63, 3.8) is 0 Å². The minimum atomic E-state index is -2.97. The maximum atomic E-state index is 12.6. The highest BCUT2D eigenvalue weighted by Gasteiger charge is 2.25. The molecule has 0 unspecified atom stereocenters. The molecule has 0 saturated heterocycles. The number of rotatable bonds is 6. The van der Waals surface area contributed by atoms with Crippen LogP contribution in [0.3, 0.4) is 0 Å². The summed E-state index contributed by atoms with van der Waals surface area (Å²) in [5.74, 6) is -0.595. The number of hydrogen-bond donors (Lipinski definition) is 1. The van der Waals surface area contributed by atoms with Crippen LogP contribution in [-0.4, -0.2) is 31.6 Å². The zero-order valence-corrected chi connectivity index (χ0v) is 15.0. The predicted molar refractivity (Wildman–Crippen MR) is 101 cm³/mol. The van der Waals surface area contributed by atoms with E-state index in [2.05, 4.69) is 10.1 Å². The number of halogens is 2. The van der Waals surface area contributed by atoms with Gasteiger partial charge in [0.2, 0.25) is 5.91 Å². The van der Waals surface area contributed by atoms with Gasteiger partial charge in [0.1, 0.15) is 6.54 Å². The summed E-state index contributed by atoms with van der Waals surface area (Å²) in [6.07, 6.45) is 2.83. The number of amides is 2. The Hall–Kier alpha value is -3.42. The maximum absolute atomic E-state index is 12.6. The number of fused-ring (bicyclic) bond motifs is 1. The van der Waals surface area contributed by atoms with Gasteiger partial charge in [-0.05, 0) is 42.8 Å². The molecule has 0 aromatic heterocycles. The Morgan fingerprint density at radius 2 is 2.04 bits per heavy atom. The molecule has 3 rings (SSSR count). The minimum absolute atomic E-state index is 0.0815. The topological polar surface area (TPSA) is 67.9 Å². The second-order valence-corrected chi connectivity index (χ2v) is 5.84. The lowest BCUT2D eigenvalue weighted by Gasteiger charge is -2.28. The number of nitrogens with one attached hydrogen (secondary N) is 1. The Balaban J connectivity index is 1.81. The number of carbonyl (C=O) groups is 2. The van der Waals surface area contributed by atoms with Crippen molar-refractivity contribution >= 4 is 29.3 Å². The summed E-state index contributed by atoms with van der Waals surface area (Å²) in [4.78, 5) is 25.8. The van der Waals surface area contributed by atoms with Crippen LogP contribution in [0.2, 0.25) is 0 Å². The molecule has 1 heterocycles. The fraction of sp³-hybridized carbons (Fsp3) is 0.200. The zero-order valence-electron chi connectivity index (χ0n) is 15.0. The number of anilines is 2. The third-order valence-corrected chi connectivity index (χ3v) is 3.94. The van der Waals surface area contributed by atoms with E-state index < -0.39 is 6.61 Å². The van der Waals surface area contributed by atoms with Crippen molar-refractivity contribution in [3.8, 4) is 11.5 Å². The molecule has 0 aliphatic carbocycles. The molecule has 2 amide bonds. The molecular formula is C20H18F2N2O4. The second kappa shape index (κ2) is 8.51. The minimum Gasteiger partial charge on any atom is -0.490 e. The quantitative estimate of drug-likeness (QED) is 0.767. The molecule has 0 spiro atoms. The number of para-hydroxylation sites is 2. The number of hydrogen-bond acceptors (Lipinski definition) is 4. The molecule has 1 aliphatic rings. The molecule has 0 saturated carbocycles. The third-order valence-electron chi connectivity index (χ3n) is 3.94. The maximum Gasteiger partial charge on any atom is 0.387 e. The average Bonchev–Trinajstić information content (AvgIpc) is 2.67. The molecule has 28 heavy (non-hydrogen) atoms. The molecule has 0 atom stereocenters. The van der Waals surface area contributed by atoms with Crippen LogP contribution in [0, 0.1) is 0 Å². The summed E-state index contributed by atoms with van der Waals surface area (Å²) in [6.45, 7) is -1.07. The first kappa shape index (κ1) is 19.3. The van der Waals surface area contributed by atoms with Crippen LogP contribution in [0.25, 0.3) is 6.08 Å². The van der Waals surface area contributed by atoms with Crippen LogP contribution >= 0.6 is 0 Å². The Morgan fingerprint density at radius 1 is 1.25 bits per heavy atom. The SMILES string of the molecule is CCOc1cc(/C=C/C(=O)N2CC(=O)Nc3ccccc32)ccc1OC(F)F. The number of alkyl halides is 2. The molecule has 0 radical (unpaired) electrons. The Kier molecular flexibility index (Phi) is 5.88. The van der Waals surface area contributed by atoms with Crippen molar-refractivity contribution in [2.75, 3.05) is 23.4 Å². The van der Waals surface area contributed by atoms with E-state index in [0.717, 1.165) is 0 Å². The van der Waals surface area contributed by atoms with Crippen LogP contribution in [0.5, 0.6) is 11.5 Å². The number of carbonyl (C=O) groups excluding carboxylic acids is 2. The van der Waals surface area contributed by atoms with Crippen molar-refractivity contribution in [2.45, 2.75) is 13.5 Å². The van der Waals surface area contributed by atoms with E-state index in [-0.39, 0.29) is 36.5 Å². The van der Waals surface area contributed by atoms with Gasteiger partial charge in [-0.15, -0.1) is 0 Å². The second-order valence-electron chi connectivity index (χ2n) is 5.84. The molecule has 8 heteroatoms. The largest absolute Gasteiger partial charge is 0.490 e. The van der Waals surface area contributed by atoms with Gasteiger partial charge in [0.25, 0.3) is 5.91 Å². The van der Waals surface area contributed by atoms with E-state index in [1.54, 1.807) is 31.2 Å². The lowest BCUT2D eigenvalue weighted by molar-refractivity contribution is -0.119. The highest BCUT2D eigenvalue weighted by molar-refractivity contribution is 6.13. The standard InChI is InChI=1S/C20H18F2N2O4/c1-2-27-17-11-13(7-9-16(17)28-20(21)22)8-10-19(26)24-12-18(25)23-14-5-3-4-6-15(14)24/h3-11,20H,2,12H2,1H3,(H,23,25)/b10-8+. The lowest BCUT2D eigenvalue weighted by atomic mass is 10.1. The summed E-state index contributed by atoms with van der Waals surface area (Å²) in [7, 11) is 0. The van der Waals surface area contributed by atoms with E-state index in [4.69, 9.17) is 4.74 Å². The van der Waals surface area contributed by atoms with Crippen molar-refractivity contribution in [2.24, 2.45) is 0 Å². The molecule has 2 aromatic carbocycles. The fourth-order valence-electron chi connectivity index (χ4n) is 2.78. The van der Waals surface area contributed by atoms with E-state index in [1.165, 1.54) is 35.3 Å². The summed E-state index contributed by atoms with van der Waals surface area (Å²) in [5.41, 5.74) is 1.73. The summed E-state index contributed by atoms with van der Waals surface area (Å²) < 4.78 is 34.7. The summed E-state index contributed by atoms with van der Waals surface area (Å²) in [6, 6.07) is 11.4. The van der Waals surface area contributed by atoms with Gasteiger partial charge in [0, 0.05) is 6.08 Å². The van der Waals surface area contributed by atoms with Gasteiger partial charge in [-0.3, -0.25) is 14.5 Å². The van der Waals surface area contributed by atoms with Gasteiger partial charge in [0.15, 0.2) is 11.5 Å². The van der Waals surface area contributed by atoms with Gasteiger partial charge in [-0.1, -0.05) is 18.2 Å². The molecule has 0 fully saturated rings. The average molecular weight is 388 g/mol. The molecule has 1 aliphatic heterocycles. The van der Waals surface area contributed by atoms with Crippen molar-refractivity contribution in [3.05, 3.63) is 54.1 Å². The normalized spacial score (nSPS) is 13.4. The molecule has 2 aromatic rings.